The first kappa shape index (κ1) is 19.4. The number of aliphatic hydroxyl groups is 3. The van der Waals surface area contributed by atoms with Gasteiger partial charge < -0.3 is 25.4 Å². The van der Waals surface area contributed by atoms with Crippen molar-refractivity contribution in [1.29, 1.82) is 0 Å². The molecule has 0 bridgehead atoms. The van der Waals surface area contributed by atoms with Crippen LogP contribution >= 0.6 is 23.2 Å². The van der Waals surface area contributed by atoms with Crippen LogP contribution in [0.2, 0.25) is 10.0 Å². The van der Waals surface area contributed by atoms with Crippen LogP contribution in [0.25, 0.3) is 11.0 Å². The second-order valence-corrected chi connectivity index (χ2v) is 7.44. The SMILES string of the molecule is OC[C@@H]1O[C@@H](n2c(NCc3ccccc3)nc3cc(Cl)c(Cl)cc32)[C@@H](O)[C@H]1O. The third-order valence-electron chi connectivity index (χ3n) is 4.80. The molecule has 3 aromatic rings. The summed E-state index contributed by atoms with van der Waals surface area (Å²) in [6.07, 6.45) is -4.33. The van der Waals surface area contributed by atoms with Crippen molar-refractivity contribution in [2.24, 2.45) is 0 Å². The topological polar surface area (TPSA) is 99.8 Å². The molecule has 4 atom stereocenters. The minimum Gasteiger partial charge on any atom is -0.394 e. The van der Waals surface area contributed by atoms with E-state index in [1.165, 1.54) is 0 Å². The second kappa shape index (κ2) is 7.87. The van der Waals surface area contributed by atoms with Crippen molar-refractivity contribution >= 4 is 40.2 Å². The molecule has 4 N–H and O–H groups in total. The van der Waals surface area contributed by atoms with Crippen molar-refractivity contribution in [2.75, 3.05) is 11.9 Å². The molecule has 0 saturated carbocycles. The van der Waals surface area contributed by atoms with Gasteiger partial charge in [-0.1, -0.05) is 53.5 Å². The van der Waals surface area contributed by atoms with Gasteiger partial charge >= 0.3 is 0 Å². The van der Waals surface area contributed by atoms with E-state index in [4.69, 9.17) is 27.9 Å². The Kier molecular flexibility index (Phi) is 5.46. The van der Waals surface area contributed by atoms with Crippen molar-refractivity contribution in [3.63, 3.8) is 0 Å². The van der Waals surface area contributed by atoms with E-state index in [1.54, 1.807) is 16.7 Å². The van der Waals surface area contributed by atoms with Gasteiger partial charge in [-0.05, 0) is 17.7 Å². The molecule has 28 heavy (non-hydrogen) atoms. The van der Waals surface area contributed by atoms with Crippen molar-refractivity contribution in [3.05, 3.63) is 58.1 Å². The third-order valence-corrected chi connectivity index (χ3v) is 5.52. The van der Waals surface area contributed by atoms with Crippen LogP contribution in [0.1, 0.15) is 11.8 Å². The number of aliphatic hydroxyl groups excluding tert-OH is 3. The number of ether oxygens (including phenoxy) is 1. The van der Waals surface area contributed by atoms with Crippen LogP contribution in [0.5, 0.6) is 0 Å². The standard InChI is InChI=1S/C19H19Cl2N3O4/c20-11-6-13-14(7-12(11)21)24(18-17(27)16(26)15(9-25)28-18)19(23-13)22-8-10-4-2-1-3-5-10/h1-7,15-18,25-27H,8-9H2,(H,22,23)/t15-,16-,17-,18+/m0/s1. The Morgan fingerprint density at radius 1 is 1.07 bits per heavy atom. The number of rotatable bonds is 5. The lowest BCUT2D eigenvalue weighted by molar-refractivity contribution is -0.0499. The Hall–Kier alpha value is -1.87. The van der Waals surface area contributed by atoms with E-state index >= 15 is 0 Å². The predicted octanol–water partition coefficient (Wildman–Crippen LogP) is 2.57. The van der Waals surface area contributed by atoms with Gasteiger partial charge in [0.1, 0.15) is 18.3 Å². The molecule has 2 heterocycles. The first-order valence-corrected chi connectivity index (χ1v) is 9.52. The maximum absolute atomic E-state index is 10.5. The van der Waals surface area contributed by atoms with Gasteiger partial charge in [0.25, 0.3) is 0 Å². The van der Waals surface area contributed by atoms with Crippen molar-refractivity contribution < 1.29 is 20.1 Å². The fourth-order valence-electron chi connectivity index (χ4n) is 3.34. The van der Waals surface area contributed by atoms with Crippen molar-refractivity contribution in [1.82, 2.24) is 9.55 Å². The van der Waals surface area contributed by atoms with E-state index < -0.39 is 31.1 Å². The molecule has 1 aromatic heterocycles. The fourth-order valence-corrected chi connectivity index (χ4v) is 3.66. The fraction of sp³-hybridized carbons (Fsp3) is 0.316. The summed E-state index contributed by atoms with van der Waals surface area (Å²) in [5.41, 5.74) is 2.18. The Morgan fingerprint density at radius 3 is 2.46 bits per heavy atom. The largest absolute Gasteiger partial charge is 0.394 e. The van der Waals surface area contributed by atoms with Gasteiger partial charge in [0, 0.05) is 6.54 Å². The van der Waals surface area contributed by atoms with Gasteiger partial charge in [0.15, 0.2) is 6.23 Å². The van der Waals surface area contributed by atoms with Gasteiger partial charge in [-0.3, -0.25) is 4.57 Å². The zero-order chi connectivity index (χ0) is 19.8. The summed E-state index contributed by atoms with van der Waals surface area (Å²) in [5, 5.41) is 34.0. The number of halogens is 2. The zero-order valence-corrected chi connectivity index (χ0v) is 16.2. The first-order valence-electron chi connectivity index (χ1n) is 8.77. The number of anilines is 1. The number of benzene rings is 2. The Balaban J connectivity index is 1.76. The van der Waals surface area contributed by atoms with Crippen LogP contribution in [0.4, 0.5) is 5.95 Å². The van der Waals surface area contributed by atoms with Gasteiger partial charge in [-0.15, -0.1) is 0 Å². The molecule has 0 spiro atoms. The smallest absolute Gasteiger partial charge is 0.206 e. The number of hydrogen-bond acceptors (Lipinski definition) is 6. The number of nitrogens with one attached hydrogen (secondary N) is 1. The van der Waals surface area contributed by atoms with Gasteiger partial charge in [0.05, 0.1) is 27.7 Å². The Bertz CT molecular complexity index is 982. The number of nitrogens with zero attached hydrogens (tertiary/aromatic N) is 2. The molecule has 9 heteroatoms. The van der Waals surface area contributed by atoms with Crippen LogP contribution in [-0.4, -0.2) is 49.8 Å². The van der Waals surface area contributed by atoms with Gasteiger partial charge in [0.2, 0.25) is 5.95 Å². The highest BCUT2D eigenvalue weighted by Gasteiger charge is 2.44. The van der Waals surface area contributed by atoms with E-state index in [1.807, 2.05) is 30.3 Å². The van der Waals surface area contributed by atoms with E-state index in [9.17, 15) is 15.3 Å². The monoisotopic (exact) mass is 423 g/mol. The number of aromatic nitrogens is 2. The molecular formula is C19H19Cl2N3O4. The molecule has 4 rings (SSSR count). The van der Waals surface area contributed by atoms with Crippen LogP contribution in [0.15, 0.2) is 42.5 Å². The highest BCUT2D eigenvalue weighted by Crippen LogP contribution is 2.37. The molecule has 7 nitrogen and oxygen atoms in total. The lowest BCUT2D eigenvalue weighted by atomic mass is 10.1. The first-order chi connectivity index (χ1) is 13.5. The molecule has 0 amide bonds. The normalized spacial score (nSPS) is 24.8. The van der Waals surface area contributed by atoms with Crippen LogP contribution < -0.4 is 5.32 Å². The van der Waals surface area contributed by atoms with Crippen LogP contribution in [0, 0.1) is 0 Å². The minimum absolute atomic E-state index is 0.330. The molecule has 0 radical (unpaired) electrons. The van der Waals surface area contributed by atoms with Crippen LogP contribution in [0.3, 0.4) is 0 Å². The zero-order valence-electron chi connectivity index (χ0n) is 14.7. The molecular weight excluding hydrogens is 405 g/mol. The summed E-state index contributed by atoms with van der Waals surface area (Å²) in [4.78, 5) is 4.56. The summed E-state index contributed by atoms with van der Waals surface area (Å²) in [5.74, 6) is 0.423. The average molecular weight is 424 g/mol. The average Bonchev–Trinajstić information content (AvgIpc) is 3.18. The van der Waals surface area contributed by atoms with E-state index in [0.717, 1.165) is 5.56 Å². The van der Waals surface area contributed by atoms with Crippen molar-refractivity contribution in [2.45, 2.75) is 31.1 Å². The maximum Gasteiger partial charge on any atom is 0.206 e. The van der Waals surface area contributed by atoms with E-state index in [2.05, 4.69) is 10.3 Å². The second-order valence-electron chi connectivity index (χ2n) is 6.63. The summed E-state index contributed by atoms with van der Waals surface area (Å²) < 4.78 is 7.34. The molecule has 0 unspecified atom stereocenters. The van der Waals surface area contributed by atoms with E-state index in [0.29, 0.717) is 33.6 Å². The molecule has 1 aliphatic heterocycles. The molecule has 1 saturated heterocycles. The number of fused-ring (bicyclic) bond motifs is 1. The van der Waals surface area contributed by atoms with Gasteiger partial charge in [-0.2, -0.15) is 0 Å². The maximum atomic E-state index is 10.5. The molecule has 2 aromatic carbocycles. The van der Waals surface area contributed by atoms with Gasteiger partial charge in [-0.25, -0.2) is 4.98 Å². The van der Waals surface area contributed by atoms with E-state index in [-0.39, 0.29) is 0 Å². The quantitative estimate of drug-likeness (QED) is 0.503. The molecule has 148 valence electrons. The molecule has 1 aliphatic rings. The predicted molar refractivity (Wildman–Crippen MR) is 107 cm³/mol. The lowest BCUT2D eigenvalue weighted by Crippen LogP contribution is -2.33. The summed E-state index contributed by atoms with van der Waals surface area (Å²) in [6, 6.07) is 13.0. The molecule has 0 aliphatic carbocycles. The third kappa shape index (κ3) is 3.45. The Labute approximate surface area is 171 Å². The number of hydrogen-bond donors (Lipinski definition) is 4. The lowest BCUT2D eigenvalue weighted by Gasteiger charge is -2.20. The highest BCUT2D eigenvalue weighted by atomic mass is 35.5. The molecule has 1 fully saturated rings. The Morgan fingerprint density at radius 2 is 1.79 bits per heavy atom. The summed E-state index contributed by atoms with van der Waals surface area (Å²) in [7, 11) is 0. The summed E-state index contributed by atoms with van der Waals surface area (Å²) in [6.45, 7) is 0.0706. The summed E-state index contributed by atoms with van der Waals surface area (Å²) >= 11 is 12.3. The minimum atomic E-state index is -1.25. The van der Waals surface area contributed by atoms with Crippen molar-refractivity contribution in [3.8, 4) is 0 Å². The van der Waals surface area contributed by atoms with Crippen LogP contribution in [-0.2, 0) is 11.3 Å². The number of imidazole rings is 1. The highest BCUT2D eigenvalue weighted by molar-refractivity contribution is 6.42.